The van der Waals surface area contributed by atoms with E-state index in [1.54, 1.807) is 25.1 Å². The van der Waals surface area contributed by atoms with Gasteiger partial charge in [-0.3, -0.25) is 9.59 Å². The van der Waals surface area contributed by atoms with Gasteiger partial charge >= 0.3 is 5.97 Å². The molecule has 1 heterocycles. The van der Waals surface area contributed by atoms with E-state index in [4.69, 9.17) is 10.5 Å². The number of nitrogens with two attached hydrogens (primary N) is 1. The van der Waals surface area contributed by atoms with E-state index >= 15 is 0 Å². The predicted octanol–water partition coefficient (Wildman–Crippen LogP) is 3.05. The molecule has 1 aromatic heterocycles. The number of hydrogen-bond acceptors (Lipinski definition) is 4. The Morgan fingerprint density at radius 3 is 2.29 bits per heavy atom. The molecular formula is C21H25N3O4. The van der Waals surface area contributed by atoms with E-state index in [1.165, 1.54) is 18.2 Å². The average molecular weight is 383 g/mol. The lowest BCUT2D eigenvalue weighted by Crippen LogP contribution is -2.12. The van der Waals surface area contributed by atoms with Crippen molar-refractivity contribution >= 4 is 29.5 Å². The maximum atomic E-state index is 12.4. The third-order valence-electron chi connectivity index (χ3n) is 4.46. The molecule has 0 unspecified atom stereocenters. The van der Waals surface area contributed by atoms with Crippen LogP contribution in [0.5, 0.6) is 0 Å². The van der Waals surface area contributed by atoms with Crippen LogP contribution in [-0.4, -0.2) is 29.0 Å². The zero-order chi connectivity index (χ0) is 20.8. The first-order valence-corrected chi connectivity index (χ1v) is 9.05. The molecule has 0 aliphatic rings. The number of anilines is 1. The molecule has 0 bridgehead atoms. The molecule has 2 rings (SSSR count). The molecule has 0 saturated heterocycles. The highest BCUT2D eigenvalue weighted by Gasteiger charge is 2.22. The summed E-state index contributed by atoms with van der Waals surface area (Å²) in [6.45, 7) is 8.49. The molecule has 0 aliphatic carbocycles. The number of aromatic nitrogens is 1. The Morgan fingerprint density at radius 1 is 1.11 bits per heavy atom. The van der Waals surface area contributed by atoms with Gasteiger partial charge in [-0.05, 0) is 58.0 Å². The van der Waals surface area contributed by atoms with Crippen LogP contribution in [0.25, 0.3) is 6.08 Å². The number of hydrogen-bond donors (Lipinski definition) is 2. The molecule has 148 valence electrons. The lowest BCUT2D eigenvalue weighted by molar-refractivity contribution is -0.111. The summed E-state index contributed by atoms with van der Waals surface area (Å²) in [4.78, 5) is 35.8. The maximum Gasteiger partial charge on any atom is 0.340 e. The van der Waals surface area contributed by atoms with Crippen LogP contribution >= 0.6 is 0 Å². The number of ether oxygens (including phenoxy) is 1. The number of amides is 2. The van der Waals surface area contributed by atoms with Gasteiger partial charge in [-0.15, -0.1) is 0 Å². The molecule has 0 atom stereocenters. The lowest BCUT2D eigenvalue weighted by atomic mass is 10.1. The molecule has 2 aromatic rings. The molecule has 1 aromatic carbocycles. The molecule has 0 saturated carbocycles. The molecule has 0 radical (unpaired) electrons. The fourth-order valence-electron chi connectivity index (χ4n) is 3.11. The summed E-state index contributed by atoms with van der Waals surface area (Å²) >= 11 is 0. The van der Waals surface area contributed by atoms with E-state index < -0.39 is 11.9 Å². The van der Waals surface area contributed by atoms with Gasteiger partial charge in [0, 0.05) is 40.8 Å². The van der Waals surface area contributed by atoms with Crippen molar-refractivity contribution in [3.63, 3.8) is 0 Å². The SMILES string of the molecule is CCOC(=O)c1c(/C=C/C(=O)Nc2ccc(C(N)=O)cc2)c(C)n(CC)c1C. The summed E-state index contributed by atoms with van der Waals surface area (Å²) in [5.74, 6) is -1.30. The van der Waals surface area contributed by atoms with Crippen molar-refractivity contribution in [3.8, 4) is 0 Å². The highest BCUT2D eigenvalue weighted by Crippen LogP contribution is 2.25. The number of nitrogens with zero attached hydrogens (tertiary/aromatic N) is 1. The van der Waals surface area contributed by atoms with Crippen LogP contribution in [0.4, 0.5) is 5.69 Å². The number of benzene rings is 1. The highest BCUT2D eigenvalue weighted by molar-refractivity contribution is 6.04. The third-order valence-corrected chi connectivity index (χ3v) is 4.46. The van der Waals surface area contributed by atoms with Crippen LogP contribution in [0.3, 0.4) is 0 Å². The number of carbonyl (C=O) groups excluding carboxylic acids is 3. The van der Waals surface area contributed by atoms with Crippen LogP contribution in [-0.2, 0) is 16.1 Å². The molecule has 0 spiro atoms. The number of rotatable bonds is 7. The van der Waals surface area contributed by atoms with Crippen LogP contribution in [0.1, 0.15) is 51.5 Å². The molecule has 0 fully saturated rings. The summed E-state index contributed by atoms with van der Waals surface area (Å²) in [7, 11) is 0. The van der Waals surface area contributed by atoms with Gasteiger partial charge in [0.1, 0.15) is 0 Å². The van der Waals surface area contributed by atoms with E-state index in [9.17, 15) is 14.4 Å². The summed E-state index contributed by atoms with van der Waals surface area (Å²) in [6, 6.07) is 6.27. The fourth-order valence-corrected chi connectivity index (χ4v) is 3.11. The Labute approximate surface area is 164 Å². The van der Waals surface area contributed by atoms with Crippen molar-refractivity contribution in [1.29, 1.82) is 0 Å². The van der Waals surface area contributed by atoms with Crippen molar-refractivity contribution in [1.82, 2.24) is 4.57 Å². The molecule has 2 amide bonds. The van der Waals surface area contributed by atoms with Crippen molar-refractivity contribution < 1.29 is 19.1 Å². The number of esters is 1. The lowest BCUT2D eigenvalue weighted by Gasteiger charge is -2.05. The Hall–Kier alpha value is -3.35. The summed E-state index contributed by atoms with van der Waals surface area (Å²) in [5.41, 5.74) is 8.92. The number of primary amides is 1. The highest BCUT2D eigenvalue weighted by atomic mass is 16.5. The van der Waals surface area contributed by atoms with Gasteiger partial charge in [0.05, 0.1) is 12.2 Å². The van der Waals surface area contributed by atoms with E-state index in [1.807, 2.05) is 25.3 Å². The van der Waals surface area contributed by atoms with Gasteiger partial charge in [-0.25, -0.2) is 4.79 Å². The minimum absolute atomic E-state index is 0.277. The van der Waals surface area contributed by atoms with Gasteiger partial charge in [0.25, 0.3) is 0 Å². The molecule has 0 aliphatic heterocycles. The minimum Gasteiger partial charge on any atom is -0.462 e. The zero-order valence-electron chi connectivity index (χ0n) is 16.5. The molecule has 28 heavy (non-hydrogen) atoms. The van der Waals surface area contributed by atoms with Gasteiger partial charge < -0.3 is 20.4 Å². The second kappa shape index (κ2) is 9.03. The zero-order valence-corrected chi connectivity index (χ0v) is 16.5. The van der Waals surface area contributed by atoms with Crippen LogP contribution < -0.4 is 11.1 Å². The second-order valence-electron chi connectivity index (χ2n) is 6.19. The monoisotopic (exact) mass is 383 g/mol. The Kier molecular flexibility index (Phi) is 6.76. The topological polar surface area (TPSA) is 103 Å². The largest absolute Gasteiger partial charge is 0.462 e. The van der Waals surface area contributed by atoms with Crippen LogP contribution in [0.2, 0.25) is 0 Å². The first-order valence-electron chi connectivity index (χ1n) is 9.05. The Bertz CT molecular complexity index is 924. The number of carbonyl (C=O) groups is 3. The van der Waals surface area contributed by atoms with E-state index in [0.717, 1.165) is 11.4 Å². The van der Waals surface area contributed by atoms with Crippen molar-refractivity contribution in [2.75, 3.05) is 11.9 Å². The quantitative estimate of drug-likeness (QED) is 0.566. The smallest absolute Gasteiger partial charge is 0.340 e. The van der Waals surface area contributed by atoms with Crippen LogP contribution in [0.15, 0.2) is 30.3 Å². The first-order chi connectivity index (χ1) is 13.3. The van der Waals surface area contributed by atoms with Crippen molar-refractivity contribution in [2.45, 2.75) is 34.2 Å². The standard InChI is InChI=1S/C21H25N3O4/c1-5-24-13(3)17(19(14(24)4)21(27)28-6-2)11-12-18(25)23-16-9-7-15(8-10-16)20(22)26/h7-12H,5-6H2,1-4H3,(H2,22,26)(H,23,25)/b12-11+. The Morgan fingerprint density at radius 2 is 1.75 bits per heavy atom. The van der Waals surface area contributed by atoms with Gasteiger partial charge in [0.15, 0.2) is 0 Å². The van der Waals surface area contributed by atoms with E-state index in [2.05, 4.69) is 5.32 Å². The predicted molar refractivity (Wildman–Crippen MR) is 108 cm³/mol. The summed E-state index contributed by atoms with van der Waals surface area (Å²) in [6.07, 6.45) is 2.99. The van der Waals surface area contributed by atoms with Crippen molar-refractivity contribution in [3.05, 3.63) is 58.4 Å². The minimum atomic E-state index is -0.532. The maximum absolute atomic E-state index is 12.4. The van der Waals surface area contributed by atoms with Crippen LogP contribution in [0, 0.1) is 13.8 Å². The second-order valence-corrected chi connectivity index (χ2v) is 6.19. The molecule has 7 heteroatoms. The first kappa shape index (κ1) is 21.0. The molecular weight excluding hydrogens is 358 g/mol. The average Bonchev–Trinajstić information content (AvgIpc) is 2.90. The van der Waals surface area contributed by atoms with Gasteiger partial charge in [-0.1, -0.05) is 0 Å². The summed E-state index contributed by atoms with van der Waals surface area (Å²) in [5, 5.41) is 2.71. The number of nitrogens with one attached hydrogen (secondary N) is 1. The Balaban J connectivity index is 2.25. The van der Waals surface area contributed by atoms with E-state index in [-0.39, 0.29) is 12.5 Å². The van der Waals surface area contributed by atoms with Gasteiger partial charge in [-0.2, -0.15) is 0 Å². The molecule has 7 nitrogen and oxygen atoms in total. The summed E-state index contributed by atoms with van der Waals surface area (Å²) < 4.78 is 7.18. The normalized spacial score (nSPS) is 10.9. The van der Waals surface area contributed by atoms with Gasteiger partial charge in [0.2, 0.25) is 11.8 Å². The third kappa shape index (κ3) is 4.49. The molecule has 3 N–H and O–H groups in total. The van der Waals surface area contributed by atoms with E-state index in [0.29, 0.717) is 28.9 Å². The van der Waals surface area contributed by atoms with Crippen molar-refractivity contribution in [2.24, 2.45) is 5.73 Å². The fraction of sp³-hybridized carbons (Fsp3) is 0.286.